The number of hydrogen-bond donors (Lipinski definition) is 2. The lowest BCUT2D eigenvalue weighted by molar-refractivity contribution is 0.400. The predicted octanol–water partition coefficient (Wildman–Crippen LogP) is 3.30. The molecule has 1 aliphatic carbocycles. The summed E-state index contributed by atoms with van der Waals surface area (Å²) in [6.45, 7) is 6.26. The summed E-state index contributed by atoms with van der Waals surface area (Å²) in [5.74, 6) is 1.61. The summed E-state index contributed by atoms with van der Waals surface area (Å²) in [4.78, 5) is 15.4. The number of hydrogen-bond acceptors (Lipinski definition) is 5. The van der Waals surface area contributed by atoms with Crippen LogP contribution in [0.5, 0.6) is 0 Å². The summed E-state index contributed by atoms with van der Waals surface area (Å²) in [6, 6.07) is 2.68. The molecule has 1 atom stereocenters. The minimum atomic E-state index is -0.115. The van der Waals surface area contributed by atoms with Crippen molar-refractivity contribution in [1.82, 2.24) is 24.5 Å². The molecule has 0 saturated heterocycles. The largest absolute Gasteiger partial charge is 0.382 e. The molecule has 156 valence electrons. The summed E-state index contributed by atoms with van der Waals surface area (Å²) < 4.78 is 3.68. The number of nitrogens with zero attached hydrogens (tertiary/aromatic N) is 5. The smallest absolute Gasteiger partial charge is 0.264 e. The molecule has 8 heteroatoms. The van der Waals surface area contributed by atoms with Crippen molar-refractivity contribution in [1.29, 1.82) is 0 Å². The molecule has 29 heavy (non-hydrogen) atoms. The van der Waals surface area contributed by atoms with Gasteiger partial charge in [0.1, 0.15) is 11.2 Å². The van der Waals surface area contributed by atoms with Crippen molar-refractivity contribution in [3.63, 3.8) is 0 Å². The first-order valence-corrected chi connectivity index (χ1v) is 10.5. The monoisotopic (exact) mass is 397 g/mol. The van der Waals surface area contributed by atoms with E-state index < -0.39 is 0 Å². The van der Waals surface area contributed by atoms with Crippen LogP contribution in [0.3, 0.4) is 0 Å². The van der Waals surface area contributed by atoms with E-state index in [-0.39, 0.29) is 17.4 Å². The molecule has 1 aliphatic rings. The van der Waals surface area contributed by atoms with Crippen LogP contribution >= 0.6 is 0 Å². The molecule has 0 amide bonds. The van der Waals surface area contributed by atoms with Crippen molar-refractivity contribution in [2.75, 3.05) is 17.7 Å². The van der Waals surface area contributed by atoms with Crippen LogP contribution in [0, 0.1) is 5.92 Å². The first-order chi connectivity index (χ1) is 13.8. The van der Waals surface area contributed by atoms with Crippen molar-refractivity contribution >= 4 is 22.5 Å². The van der Waals surface area contributed by atoms with Crippen LogP contribution in [-0.4, -0.2) is 37.6 Å². The maximum absolute atomic E-state index is 13.1. The first kappa shape index (κ1) is 19.5. The van der Waals surface area contributed by atoms with Gasteiger partial charge in [-0.15, -0.1) is 0 Å². The van der Waals surface area contributed by atoms with E-state index >= 15 is 0 Å². The normalized spacial score (nSPS) is 16.2. The van der Waals surface area contributed by atoms with E-state index in [2.05, 4.69) is 49.0 Å². The minimum absolute atomic E-state index is 0.0318. The van der Waals surface area contributed by atoms with Gasteiger partial charge in [-0.2, -0.15) is 10.2 Å². The Bertz CT molecular complexity index is 1080. The molecule has 0 aromatic carbocycles. The number of nitrogens with one attached hydrogen (secondary N) is 1. The number of nitrogens with two attached hydrogens (primary N) is 1. The number of rotatable bonds is 5. The Kier molecular flexibility index (Phi) is 4.88. The summed E-state index contributed by atoms with van der Waals surface area (Å²) in [6.07, 6.45) is 6.90. The van der Waals surface area contributed by atoms with E-state index in [0.717, 1.165) is 17.1 Å². The zero-order valence-electron chi connectivity index (χ0n) is 17.9. The highest BCUT2D eigenvalue weighted by molar-refractivity contribution is 5.97. The van der Waals surface area contributed by atoms with E-state index in [1.54, 1.807) is 4.57 Å². The molecule has 0 aliphatic heterocycles. The van der Waals surface area contributed by atoms with Crippen LogP contribution in [-0.2, 0) is 7.05 Å². The predicted molar refractivity (Wildman–Crippen MR) is 117 cm³/mol. The number of fused-ring (bicyclic) bond motifs is 1. The van der Waals surface area contributed by atoms with Crippen LogP contribution in [0.2, 0.25) is 0 Å². The minimum Gasteiger partial charge on any atom is -0.382 e. The van der Waals surface area contributed by atoms with Crippen LogP contribution < -0.4 is 16.2 Å². The van der Waals surface area contributed by atoms with Gasteiger partial charge < -0.3 is 15.2 Å². The van der Waals surface area contributed by atoms with Gasteiger partial charge in [0, 0.05) is 44.0 Å². The zero-order chi connectivity index (χ0) is 20.9. The average Bonchev–Trinajstić information content (AvgIpc) is 3.41. The maximum Gasteiger partial charge on any atom is 0.264 e. The van der Waals surface area contributed by atoms with Crippen molar-refractivity contribution in [3.8, 4) is 11.3 Å². The van der Waals surface area contributed by atoms with Gasteiger partial charge in [-0.1, -0.05) is 26.7 Å². The van der Waals surface area contributed by atoms with Crippen molar-refractivity contribution in [2.45, 2.75) is 58.5 Å². The third kappa shape index (κ3) is 3.20. The number of H-pyrrole nitrogens is 1. The fraction of sp³-hybridized carbons (Fsp3) is 0.571. The molecule has 8 nitrogen and oxygen atoms in total. The van der Waals surface area contributed by atoms with E-state index in [4.69, 9.17) is 10.8 Å². The molecule has 0 bridgehead atoms. The first-order valence-electron chi connectivity index (χ1n) is 10.5. The van der Waals surface area contributed by atoms with Gasteiger partial charge in [-0.05, 0) is 25.7 Å². The van der Waals surface area contributed by atoms with Gasteiger partial charge in [0.15, 0.2) is 5.82 Å². The topological polar surface area (TPSA) is 97.8 Å². The maximum atomic E-state index is 13.1. The Labute approximate surface area is 170 Å². The Morgan fingerprint density at radius 3 is 2.62 bits per heavy atom. The molecule has 0 spiro atoms. The third-order valence-electron chi connectivity index (χ3n) is 6.55. The second-order valence-electron chi connectivity index (χ2n) is 8.66. The fourth-order valence-corrected chi connectivity index (χ4v) is 4.37. The molecule has 3 aromatic heterocycles. The van der Waals surface area contributed by atoms with Crippen LogP contribution in [0.25, 0.3) is 22.2 Å². The van der Waals surface area contributed by atoms with E-state index in [9.17, 15) is 4.79 Å². The van der Waals surface area contributed by atoms with Gasteiger partial charge in [0.2, 0.25) is 0 Å². The SMILES string of the molecule is CC(C)C(C)n1cc(-c2cc(N(C)C3CCCC3)n(C)n2)c2[nH]nc(N)c2c1=O. The van der Waals surface area contributed by atoms with E-state index in [0.29, 0.717) is 22.9 Å². The lowest BCUT2D eigenvalue weighted by Gasteiger charge is -2.25. The van der Waals surface area contributed by atoms with Crippen molar-refractivity contribution < 1.29 is 0 Å². The van der Waals surface area contributed by atoms with Crippen molar-refractivity contribution in [3.05, 3.63) is 22.6 Å². The highest BCUT2D eigenvalue weighted by atomic mass is 16.1. The van der Waals surface area contributed by atoms with Crippen LogP contribution in [0.15, 0.2) is 17.1 Å². The molecule has 1 saturated carbocycles. The molecule has 4 rings (SSSR count). The molecular weight excluding hydrogens is 366 g/mol. The molecule has 1 unspecified atom stereocenters. The summed E-state index contributed by atoms with van der Waals surface area (Å²) in [5.41, 5.74) is 8.23. The quantitative estimate of drug-likeness (QED) is 0.688. The molecule has 1 fully saturated rings. The highest BCUT2D eigenvalue weighted by Gasteiger charge is 2.25. The number of aryl methyl sites for hydroxylation is 1. The lowest BCUT2D eigenvalue weighted by atomic mass is 10.0. The Hall–Kier alpha value is -2.77. The summed E-state index contributed by atoms with van der Waals surface area (Å²) in [7, 11) is 4.11. The molecular formula is C21H31N7O. The molecule has 3 N–H and O–H groups in total. The van der Waals surface area contributed by atoms with Gasteiger partial charge in [0.25, 0.3) is 5.56 Å². The van der Waals surface area contributed by atoms with Crippen molar-refractivity contribution in [2.24, 2.45) is 13.0 Å². The molecule has 3 aromatic rings. The number of pyridine rings is 1. The zero-order valence-corrected chi connectivity index (χ0v) is 17.9. The number of anilines is 2. The van der Waals surface area contributed by atoms with Crippen LogP contribution in [0.4, 0.5) is 11.6 Å². The average molecular weight is 398 g/mol. The van der Waals surface area contributed by atoms with Gasteiger partial charge in [-0.25, -0.2) is 0 Å². The van der Waals surface area contributed by atoms with Gasteiger partial charge >= 0.3 is 0 Å². The Morgan fingerprint density at radius 1 is 1.28 bits per heavy atom. The Morgan fingerprint density at radius 2 is 1.97 bits per heavy atom. The lowest BCUT2D eigenvalue weighted by Crippen LogP contribution is -2.30. The summed E-state index contributed by atoms with van der Waals surface area (Å²) >= 11 is 0. The Balaban J connectivity index is 1.87. The van der Waals surface area contributed by atoms with E-state index in [1.165, 1.54) is 25.7 Å². The number of aromatic nitrogens is 5. The van der Waals surface area contributed by atoms with Gasteiger partial charge in [-0.3, -0.25) is 14.6 Å². The van der Waals surface area contributed by atoms with Crippen LogP contribution in [0.1, 0.15) is 52.5 Å². The third-order valence-corrected chi connectivity index (χ3v) is 6.55. The van der Waals surface area contributed by atoms with Gasteiger partial charge in [0.05, 0.1) is 11.2 Å². The number of nitrogen functional groups attached to an aromatic ring is 1. The number of aromatic amines is 1. The molecule has 0 radical (unpaired) electrons. The summed E-state index contributed by atoms with van der Waals surface area (Å²) in [5, 5.41) is 12.3. The fourth-order valence-electron chi connectivity index (χ4n) is 4.37. The highest BCUT2D eigenvalue weighted by Crippen LogP contribution is 2.33. The standard InChI is InChI=1S/C21H31N7O/c1-12(2)13(3)28-11-15(19-18(21(28)29)20(22)24-23-19)16-10-17(27(5)25-16)26(4)14-8-6-7-9-14/h10-14H,6-9H2,1-5H3,(H3,22,23,24). The van der Waals surface area contributed by atoms with E-state index in [1.807, 2.05) is 17.9 Å². The molecule has 3 heterocycles. The second kappa shape index (κ2) is 7.24. The second-order valence-corrected chi connectivity index (χ2v) is 8.66.